The summed E-state index contributed by atoms with van der Waals surface area (Å²) in [6.07, 6.45) is 10.8. The van der Waals surface area contributed by atoms with Crippen LogP contribution in [0.5, 0.6) is 0 Å². The van der Waals surface area contributed by atoms with Gasteiger partial charge in [0, 0.05) is 0 Å². The van der Waals surface area contributed by atoms with Crippen LogP contribution in [-0.2, 0) is 6.42 Å². The highest BCUT2D eigenvalue weighted by molar-refractivity contribution is 9.11. The number of benzene rings is 3. The van der Waals surface area contributed by atoms with E-state index >= 15 is 0 Å². The van der Waals surface area contributed by atoms with Gasteiger partial charge in [0.1, 0.15) is 0 Å². The van der Waals surface area contributed by atoms with Crippen LogP contribution in [0, 0.1) is 6.92 Å². The Morgan fingerprint density at radius 1 is 0.875 bits per heavy atom. The van der Waals surface area contributed by atoms with Gasteiger partial charge in [-0.25, -0.2) is 0 Å². The highest BCUT2D eigenvalue weighted by Crippen LogP contribution is 2.22. The predicted molar refractivity (Wildman–Crippen MR) is 148 cm³/mol. The number of aryl methyl sites for hydroxylation is 2. The lowest BCUT2D eigenvalue weighted by molar-refractivity contribution is 0.922. The van der Waals surface area contributed by atoms with Crippen LogP contribution in [0.15, 0.2) is 95.5 Å². The molecule has 32 heavy (non-hydrogen) atoms. The zero-order valence-electron chi connectivity index (χ0n) is 20.0. The zero-order chi connectivity index (χ0) is 23.3. The summed E-state index contributed by atoms with van der Waals surface area (Å²) in [6.45, 7) is 10.6. The Morgan fingerprint density at radius 3 is 2.12 bits per heavy atom. The molecule has 0 nitrogen and oxygen atoms in total. The first-order valence-corrected chi connectivity index (χ1v) is 12.1. The van der Waals surface area contributed by atoms with E-state index in [0.717, 1.165) is 4.48 Å². The summed E-state index contributed by atoms with van der Waals surface area (Å²) in [5, 5.41) is 0. The summed E-state index contributed by atoms with van der Waals surface area (Å²) in [5.74, 6) is 0. The summed E-state index contributed by atoms with van der Waals surface area (Å²) in [6, 6.07) is 26.0. The van der Waals surface area contributed by atoms with Crippen molar-refractivity contribution < 1.29 is 0 Å². The van der Waals surface area contributed by atoms with Crippen molar-refractivity contribution in [2.45, 2.75) is 47.5 Å². The third kappa shape index (κ3) is 8.48. The van der Waals surface area contributed by atoms with Crippen molar-refractivity contribution in [2.24, 2.45) is 0 Å². The van der Waals surface area contributed by atoms with Gasteiger partial charge in [-0.1, -0.05) is 114 Å². The molecule has 0 saturated carbocycles. The minimum absolute atomic E-state index is 1.15. The first-order valence-electron chi connectivity index (χ1n) is 11.3. The molecule has 1 heteroatoms. The highest BCUT2D eigenvalue weighted by Gasteiger charge is 2.00. The molecule has 0 unspecified atom stereocenters. The van der Waals surface area contributed by atoms with Gasteiger partial charge in [0.15, 0.2) is 0 Å². The Bertz CT molecular complexity index is 1050. The van der Waals surface area contributed by atoms with E-state index in [0.29, 0.717) is 0 Å². The summed E-state index contributed by atoms with van der Waals surface area (Å²) in [7, 11) is 0. The topological polar surface area (TPSA) is 0 Å². The lowest BCUT2D eigenvalue weighted by Gasteiger charge is -2.06. The second kappa shape index (κ2) is 13.7. The van der Waals surface area contributed by atoms with Crippen LogP contribution in [0.25, 0.3) is 22.8 Å². The lowest BCUT2D eigenvalue weighted by Crippen LogP contribution is -1.86. The molecule has 0 fully saturated rings. The maximum atomic E-state index is 3.48. The van der Waals surface area contributed by atoms with Crippen molar-refractivity contribution in [1.29, 1.82) is 0 Å². The molecule has 0 N–H and O–H groups in total. The van der Waals surface area contributed by atoms with Crippen molar-refractivity contribution >= 4 is 27.6 Å². The van der Waals surface area contributed by atoms with Gasteiger partial charge >= 0.3 is 0 Å². The first-order chi connectivity index (χ1) is 15.4. The standard InChI is InChI=1S/C16H19Br.C15H16/c1-5-6-7-12(2)15-9-8-13(3)16(11-15)10-14(4)17;1-2-6-13-9-11-15(12-10-13)14-7-4-3-5-8-14/h5-11H,1-4H3;3-5,7-12H,2,6H2,1H3/b6-5-,12-7+,14-10+;. The van der Waals surface area contributed by atoms with E-state index in [1.807, 2.05) is 13.0 Å². The van der Waals surface area contributed by atoms with Gasteiger partial charge in [0.25, 0.3) is 0 Å². The monoisotopic (exact) mass is 486 g/mol. The van der Waals surface area contributed by atoms with E-state index in [1.54, 1.807) is 0 Å². The average molecular weight is 488 g/mol. The molecular formula is C31H35Br. The van der Waals surface area contributed by atoms with Crippen molar-refractivity contribution in [3.63, 3.8) is 0 Å². The Kier molecular flexibility index (Phi) is 11.0. The van der Waals surface area contributed by atoms with E-state index in [2.05, 4.69) is 135 Å². The van der Waals surface area contributed by atoms with E-state index < -0.39 is 0 Å². The van der Waals surface area contributed by atoms with Crippen molar-refractivity contribution in [3.05, 3.63) is 118 Å². The maximum absolute atomic E-state index is 3.48. The molecule has 0 aliphatic rings. The Labute approximate surface area is 203 Å². The van der Waals surface area contributed by atoms with Gasteiger partial charge in [0.05, 0.1) is 0 Å². The molecule has 3 rings (SSSR count). The highest BCUT2D eigenvalue weighted by atomic mass is 79.9. The molecule has 3 aromatic rings. The number of hydrogen-bond donors (Lipinski definition) is 0. The second-order valence-electron chi connectivity index (χ2n) is 7.99. The van der Waals surface area contributed by atoms with Crippen LogP contribution in [-0.4, -0.2) is 0 Å². The third-order valence-electron chi connectivity index (χ3n) is 5.23. The minimum Gasteiger partial charge on any atom is -0.0877 e. The molecule has 0 aliphatic heterocycles. The molecule has 0 amide bonds. The normalized spacial score (nSPS) is 11.9. The van der Waals surface area contributed by atoms with Gasteiger partial charge in [0.2, 0.25) is 0 Å². The second-order valence-corrected chi connectivity index (χ2v) is 9.24. The quantitative estimate of drug-likeness (QED) is 0.304. The maximum Gasteiger partial charge on any atom is -0.00744 e. The van der Waals surface area contributed by atoms with Crippen molar-refractivity contribution in [2.75, 3.05) is 0 Å². The van der Waals surface area contributed by atoms with Crippen LogP contribution >= 0.6 is 15.9 Å². The molecule has 0 saturated heterocycles. The van der Waals surface area contributed by atoms with Crippen LogP contribution in [0.1, 0.15) is 56.4 Å². The molecule has 0 atom stereocenters. The summed E-state index contributed by atoms with van der Waals surface area (Å²) in [4.78, 5) is 0. The molecule has 0 spiro atoms. The molecule has 0 heterocycles. The lowest BCUT2D eigenvalue weighted by atomic mass is 10.00. The molecule has 0 aromatic heterocycles. The molecule has 0 bridgehead atoms. The van der Waals surface area contributed by atoms with Gasteiger partial charge in [-0.15, -0.1) is 0 Å². The van der Waals surface area contributed by atoms with Gasteiger partial charge in [-0.2, -0.15) is 0 Å². The van der Waals surface area contributed by atoms with Crippen LogP contribution in [0.3, 0.4) is 0 Å². The van der Waals surface area contributed by atoms with Gasteiger partial charge in [-0.05, 0) is 89.7 Å². The average Bonchev–Trinajstić information content (AvgIpc) is 2.80. The molecule has 3 aromatic carbocycles. The number of rotatable bonds is 6. The smallest absolute Gasteiger partial charge is 0.00744 e. The largest absolute Gasteiger partial charge is 0.0877 e. The Balaban J connectivity index is 0.000000228. The molecule has 0 radical (unpaired) electrons. The first kappa shape index (κ1) is 25.6. The van der Waals surface area contributed by atoms with Crippen molar-refractivity contribution in [3.8, 4) is 11.1 Å². The summed E-state index contributed by atoms with van der Waals surface area (Å²) < 4.78 is 1.15. The van der Waals surface area contributed by atoms with Crippen molar-refractivity contribution in [1.82, 2.24) is 0 Å². The Hall–Kier alpha value is -2.64. The minimum atomic E-state index is 1.15. The van der Waals surface area contributed by atoms with Gasteiger partial charge in [-0.3, -0.25) is 0 Å². The predicted octanol–water partition coefficient (Wildman–Crippen LogP) is 10.0. The van der Waals surface area contributed by atoms with E-state index in [4.69, 9.17) is 0 Å². The fourth-order valence-electron chi connectivity index (χ4n) is 3.38. The van der Waals surface area contributed by atoms with Gasteiger partial charge < -0.3 is 0 Å². The third-order valence-corrected chi connectivity index (χ3v) is 5.46. The number of halogens is 1. The van der Waals surface area contributed by atoms with E-state index in [1.165, 1.54) is 51.8 Å². The number of allylic oxidation sites excluding steroid dienone is 5. The van der Waals surface area contributed by atoms with Crippen LogP contribution < -0.4 is 0 Å². The summed E-state index contributed by atoms with van der Waals surface area (Å²) in [5.41, 5.74) is 9.14. The molecular weight excluding hydrogens is 452 g/mol. The van der Waals surface area contributed by atoms with E-state index in [-0.39, 0.29) is 0 Å². The SMILES string of the molecule is C/C=C\C=C(/C)c1ccc(C)c(/C=C(\C)Br)c1.CCCc1ccc(-c2ccccc2)cc1. The van der Waals surface area contributed by atoms with E-state index in [9.17, 15) is 0 Å². The Morgan fingerprint density at radius 2 is 1.53 bits per heavy atom. The van der Waals surface area contributed by atoms with Crippen LogP contribution in [0.2, 0.25) is 0 Å². The molecule has 0 aliphatic carbocycles. The fourth-order valence-corrected chi connectivity index (χ4v) is 3.62. The molecule has 166 valence electrons. The summed E-state index contributed by atoms with van der Waals surface area (Å²) >= 11 is 3.48. The zero-order valence-corrected chi connectivity index (χ0v) is 21.6. The number of hydrogen-bond acceptors (Lipinski definition) is 0. The fraction of sp³-hybridized carbons (Fsp3) is 0.226. The van der Waals surface area contributed by atoms with Crippen LogP contribution in [0.4, 0.5) is 0 Å².